The van der Waals surface area contributed by atoms with Gasteiger partial charge in [-0.25, -0.2) is 4.99 Å². The molecule has 0 spiro atoms. The molecular weight excluding hydrogens is 815 g/mol. The normalized spacial score (nSPS) is 16.5. The summed E-state index contributed by atoms with van der Waals surface area (Å²) in [4.78, 5) is 5.52. The van der Waals surface area contributed by atoms with Crippen molar-refractivity contribution in [1.82, 2.24) is 19.8 Å². The Bertz CT molecular complexity index is 4160. The summed E-state index contributed by atoms with van der Waals surface area (Å²) in [6.07, 6.45) is -0.352. The van der Waals surface area contributed by atoms with Crippen LogP contribution in [0.1, 0.15) is 29.8 Å². The Morgan fingerprint density at radius 2 is 0.970 bits per heavy atom. The summed E-state index contributed by atoms with van der Waals surface area (Å²) in [6.45, 7) is 2.27. The SMILES string of the molecule is CC1(c2ccccc2-n2c3cc(-n4c5ccccc5c5ccccc54)ccc3c3cc4ccccc4cc32)NC(c2ccc3c(ccc4ccccc43)c2)=NC(c2ccc3ccccc3c2)N1. The Morgan fingerprint density at radius 1 is 0.403 bits per heavy atom. The Morgan fingerprint density at radius 3 is 1.76 bits per heavy atom. The zero-order chi connectivity index (χ0) is 44.2. The molecule has 1 aliphatic rings. The molecule has 0 bridgehead atoms. The first-order chi connectivity index (χ1) is 33.0. The van der Waals surface area contributed by atoms with E-state index in [4.69, 9.17) is 4.99 Å². The highest BCUT2D eigenvalue weighted by molar-refractivity contribution is 6.15. The maximum absolute atomic E-state index is 5.52. The van der Waals surface area contributed by atoms with Gasteiger partial charge in [0.25, 0.3) is 0 Å². The number of nitrogens with zero attached hydrogens (tertiary/aromatic N) is 3. The van der Waals surface area contributed by atoms with E-state index >= 15 is 0 Å². The van der Waals surface area contributed by atoms with Crippen LogP contribution < -0.4 is 10.6 Å². The summed E-state index contributed by atoms with van der Waals surface area (Å²) in [5.41, 5.74) is 9.34. The second-order valence-electron chi connectivity index (χ2n) is 18.2. The van der Waals surface area contributed by atoms with E-state index in [-0.39, 0.29) is 6.17 Å². The lowest BCUT2D eigenvalue weighted by Gasteiger charge is -2.41. The highest BCUT2D eigenvalue weighted by atomic mass is 15.3. The van der Waals surface area contributed by atoms with E-state index in [0.29, 0.717) is 0 Å². The van der Waals surface area contributed by atoms with Crippen molar-refractivity contribution in [3.8, 4) is 11.4 Å². The minimum atomic E-state index is -0.785. The maximum Gasteiger partial charge on any atom is 0.132 e. The van der Waals surface area contributed by atoms with Gasteiger partial charge in [-0.15, -0.1) is 0 Å². The van der Waals surface area contributed by atoms with Crippen molar-refractivity contribution in [2.75, 3.05) is 0 Å². The summed E-state index contributed by atoms with van der Waals surface area (Å²) in [7, 11) is 0. The van der Waals surface area contributed by atoms with Crippen LogP contribution in [0, 0.1) is 0 Å². The van der Waals surface area contributed by atoms with Gasteiger partial charge < -0.3 is 14.5 Å². The van der Waals surface area contributed by atoms with Gasteiger partial charge in [0.2, 0.25) is 0 Å². The van der Waals surface area contributed by atoms with Crippen LogP contribution in [0.25, 0.3) is 98.1 Å². The van der Waals surface area contributed by atoms with E-state index in [2.05, 4.69) is 251 Å². The molecule has 14 rings (SSSR count). The molecule has 2 N–H and O–H groups in total. The van der Waals surface area contributed by atoms with Crippen molar-refractivity contribution in [3.63, 3.8) is 0 Å². The monoisotopic (exact) mass is 857 g/mol. The van der Waals surface area contributed by atoms with Crippen LogP contribution in [0.5, 0.6) is 0 Å². The number of amidine groups is 1. The lowest BCUT2D eigenvalue weighted by Crippen LogP contribution is -2.58. The summed E-state index contributed by atoms with van der Waals surface area (Å²) in [5.74, 6) is 0.839. The van der Waals surface area contributed by atoms with E-state index in [1.54, 1.807) is 0 Å². The molecule has 2 aromatic heterocycles. The van der Waals surface area contributed by atoms with Crippen LogP contribution in [-0.4, -0.2) is 15.0 Å². The Hall–Kier alpha value is -8.51. The van der Waals surface area contributed by atoms with Gasteiger partial charge in [0.05, 0.1) is 27.8 Å². The number of fused-ring (bicyclic) bond motifs is 11. The highest BCUT2D eigenvalue weighted by Gasteiger charge is 2.38. The van der Waals surface area contributed by atoms with Crippen LogP contribution in [0.15, 0.2) is 229 Å². The van der Waals surface area contributed by atoms with Crippen molar-refractivity contribution in [3.05, 3.63) is 241 Å². The Labute approximate surface area is 386 Å². The first-order valence-electron chi connectivity index (χ1n) is 23.1. The number of hydrogen-bond donors (Lipinski definition) is 2. The number of aliphatic imine (C=N–C) groups is 1. The van der Waals surface area contributed by atoms with Crippen molar-refractivity contribution >= 4 is 92.5 Å². The molecule has 0 fully saturated rings. The predicted octanol–water partition coefficient (Wildman–Crippen LogP) is 15.0. The molecule has 11 aromatic carbocycles. The molecule has 13 aromatic rings. The number of rotatable bonds is 5. The lowest BCUT2D eigenvalue weighted by atomic mass is 9.94. The first-order valence-corrected chi connectivity index (χ1v) is 23.1. The quantitative estimate of drug-likeness (QED) is 0.169. The minimum absolute atomic E-state index is 0.352. The third-order valence-corrected chi connectivity index (χ3v) is 14.3. The zero-order valence-electron chi connectivity index (χ0n) is 36.8. The lowest BCUT2D eigenvalue weighted by molar-refractivity contribution is 0.277. The molecule has 0 saturated heterocycles. The number of aromatic nitrogens is 2. The number of hydrogen-bond acceptors (Lipinski definition) is 3. The Balaban J connectivity index is 0.994. The Kier molecular flexibility index (Phi) is 8.18. The molecule has 2 unspecified atom stereocenters. The number of benzene rings is 11. The molecule has 3 heterocycles. The molecule has 0 radical (unpaired) electrons. The minimum Gasteiger partial charge on any atom is -0.348 e. The summed E-state index contributed by atoms with van der Waals surface area (Å²) >= 11 is 0. The molecule has 67 heavy (non-hydrogen) atoms. The van der Waals surface area contributed by atoms with E-state index in [0.717, 1.165) is 44.9 Å². The van der Waals surface area contributed by atoms with Gasteiger partial charge in [-0.3, -0.25) is 5.32 Å². The molecule has 316 valence electrons. The van der Waals surface area contributed by atoms with Crippen LogP contribution in [0.4, 0.5) is 0 Å². The van der Waals surface area contributed by atoms with Gasteiger partial charge in [0.15, 0.2) is 0 Å². The van der Waals surface area contributed by atoms with E-state index < -0.39 is 5.66 Å². The molecule has 2 atom stereocenters. The third-order valence-electron chi connectivity index (χ3n) is 14.3. The van der Waals surface area contributed by atoms with Gasteiger partial charge in [-0.1, -0.05) is 170 Å². The topological polar surface area (TPSA) is 46.3 Å². The smallest absolute Gasteiger partial charge is 0.132 e. The summed E-state index contributed by atoms with van der Waals surface area (Å²) < 4.78 is 4.92. The second-order valence-corrected chi connectivity index (χ2v) is 18.2. The standard InChI is InChI=1S/C62H43N5/c1-62(64-60(45-29-26-39-14-2-3-16-41(39)34-45)63-61(65-62)46-30-32-49-44(35-46)28-27-40-15-6-7-19-48(40)49)54-22-10-13-25-57(54)67-58-37-43-18-5-4-17-42(43)36-53(58)52-33-31-47(38-59(52)67)66-55-23-11-8-20-50(55)51-21-9-12-24-56(51)66/h2-38,60,64H,1H3,(H,63,65). The predicted molar refractivity (Wildman–Crippen MR) is 281 cm³/mol. The van der Waals surface area contributed by atoms with Gasteiger partial charge >= 0.3 is 0 Å². The molecule has 0 saturated carbocycles. The molecule has 0 amide bonds. The second kappa shape index (κ2) is 14.5. The van der Waals surface area contributed by atoms with Crippen LogP contribution in [-0.2, 0) is 5.66 Å². The molecule has 5 nitrogen and oxygen atoms in total. The fourth-order valence-electron chi connectivity index (χ4n) is 11.1. The largest absolute Gasteiger partial charge is 0.348 e. The zero-order valence-corrected chi connectivity index (χ0v) is 36.8. The van der Waals surface area contributed by atoms with Crippen molar-refractivity contribution in [2.24, 2.45) is 4.99 Å². The number of para-hydroxylation sites is 3. The first kappa shape index (κ1) is 37.8. The summed E-state index contributed by atoms with van der Waals surface area (Å²) in [5, 5.41) is 22.7. The number of nitrogens with one attached hydrogen (secondary N) is 2. The average Bonchev–Trinajstić information content (AvgIpc) is 3.89. The van der Waals surface area contributed by atoms with Crippen LogP contribution in [0.3, 0.4) is 0 Å². The molecule has 5 heteroatoms. The molecular formula is C62H43N5. The average molecular weight is 858 g/mol. The fourth-order valence-corrected chi connectivity index (χ4v) is 11.1. The van der Waals surface area contributed by atoms with Crippen molar-refractivity contribution in [2.45, 2.75) is 18.8 Å². The fraction of sp³-hybridized carbons (Fsp3) is 0.0484. The van der Waals surface area contributed by atoms with Crippen molar-refractivity contribution in [1.29, 1.82) is 0 Å². The third kappa shape index (κ3) is 5.88. The van der Waals surface area contributed by atoms with E-state index in [1.807, 2.05) is 0 Å². The summed E-state index contributed by atoms with van der Waals surface area (Å²) in [6, 6.07) is 82.0. The van der Waals surface area contributed by atoms with Crippen molar-refractivity contribution < 1.29 is 0 Å². The molecule has 1 aliphatic heterocycles. The van der Waals surface area contributed by atoms with Crippen LogP contribution in [0.2, 0.25) is 0 Å². The van der Waals surface area contributed by atoms with E-state index in [1.165, 1.54) is 75.7 Å². The van der Waals surface area contributed by atoms with E-state index in [9.17, 15) is 0 Å². The van der Waals surface area contributed by atoms with Gasteiger partial charge in [0, 0.05) is 38.4 Å². The van der Waals surface area contributed by atoms with Gasteiger partial charge in [-0.2, -0.15) is 0 Å². The molecule has 0 aliphatic carbocycles. The van der Waals surface area contributed by atoms with Gasteiger partial charge in [-0.05, 0) is 110 Å². The maximum atomic E-state index is 5.52. The highest BCUT2D eigenvalue weighted by Crippen LogP contribution is 2.41. The van der Waals surface area contributed by atoms with Gasteiger partial charge in [0.1, 0.15) is 17.7 Å². The van der Waals surface area contributed by atoms with Crippen LogP contribution >= 0.6 is 0 Å².